The largest absolute Gasteiger partial charge is 0.383 e. The van der Waals surface area contributed by atoms with Gasteiger partial charge in [-0.1, -0.05) is 6.07 Å². The third-order valence-electron chi connectivity index (χ3n) is 2.73. The third kappa shape index (κ3) is 3.17. The molecule has 0 aliphatic heterocycles. The number of pyridine rings is 1. The number of nitrogens with one attached hydrogen (secondary N) is 1. The number of aromatic nitrogens is 3. The SMILES string of the molecule is Cc1cccc(C(=O)NC[C@@H](O)c2nccn2C)n1. The highest BCUT2D eigenvalue weighted by atomic mass is 16.3. The number of rotatable bonds is 4. The second kappa shape index (κ2) is 5.62. The molecule has 2 aromatic heterocycles. The number of hydrogen-bond donors (Lipinski definition) is 2. The average Bonchev–Trinajstić information content (AvgIpc) is 2.82. The minimum atomic E-state index is -0.839. The maximum atomic E-state index is 11.8. The predicted octanol–water partition coefficient (Wildman–Crippen LogP) is 0.587. The van der Waals surface area contributed by atoms with Crippen LogP contribution in [0.4, 0.5) is 0 Å². The Labute approximate surface area is 111 Å². The van der Waals surface area contributed by atoms with Gasteiger partial charge in [0.2, 0.25) is 0 Å². The van der Waals surface area contributed by atoms with Gasteiger partial charge in [-0.3, -0.25) is 4.79 Å². The second-order valence-corrected chi connectivity index (χ2v) is 4.29. The van der Waals surface area contributed by atoms with Crippen LogP contribution in [-0.4, -0.2) is 32.1 Å². The number of hydrogen-bond acceptors (Lipinski definition) is 4. The number of aliphatic hydroxyl groups excluding tert-OH is 1. The minimum Gasteiger partial charge on any atom is -0.383 e. The van der Waals surface area contributed by atoms with Crippen molar-refractivity contribution in [2.75, 3.05) is 6.54 Å². The van der Waals surface area contributed by atoms with E-state index < -0.39 is 6.10 Å². The molecule has 0 bridgehead atoms. The van der Waals surface area contributed by atoms with E-state index in [4.69, 9.17) is 0 Å². The third-order valence-corrected chi connectivity index (χ3v) is 2.73. The van der Waals surface area contributed by atoms with Crippen LogP contribution in [0.25, 0.3) is 0 Å². The summed E-state index contributed by atoms with van der Waals surface area (Å²) in [5.74, 6) is 0.203. The van der Waals surface area contributed by atoms with Gasteiger partial charge in [-0.25, -0.2) is 9.97 Å². The van der Waals surface area contributed by atoms with Gasteiger partial charge in [0.05, 0.1) is 6.54 Å². The Morgan fingerprint density at radius 1 is 1.53 bits per heavy atom. The monoisotopic (exact) mass is 260 g/mol. The Kier molecular flexibility index (Phi) is 3.91. The lowest BCUT2D eigenvalue weighted by Gasteiger charge is -2.11. The molecule has 1 atom stereocenters. The summed E-state index contributed by atoms with van der Waals surface area (Å²) in [6.45, 7) is 1.92. The Bertz CT molecular complexity index is 580. The first-order chi connectivity index (χ1) is 9.08. The predicted molar refractivity (Wildman–Crippen MR) is 69.5 cm³/mol. The van der Waals surface area contributed by atoms with Crippen LogP contribution in [0.1, 0.15) is 28.1 Å². The summed E-state index contributed by atoms with van der Waals surface area (Å²) in [6.07, 6.45) is 2.50. The zero-order valence-electron chi connectivity index (χ0n) is 10.9. The van der Waals surface area contributed by atoms with Crippen LogP contribution in [0, 0.1) is 6.92 Å². The van der Waals surface area contributed by atoms with Crippen LogP contribution in [0.5, 0.6) is 0 Å². The van der Waals surface area contributed by atoms with Gasteiger partial charge in [-0.15, -0.1) is 0 Å². The van der Waals surface area contributed by atoms with Crippen LogP contribution >= 0.6 is 0 Å². The van der Waals surface area contributed by atoms with Crippen LogP contribution in [0.3, 0.4) is 0 Å². The van der Waals surface area contributed by atoms with Gasteiger partial charge in [0.15, 0.2) is 0 Å². The molecular weight excluding hydrogens is 244 g/mol. The summed E-state index contributed by atoms with van der Waals surface area (Å²) in [4.78, 5) is 20.0. The lowest BCUT2D eigenvalue weighted by molar-refractivity contribution is 0.0904. The van der Waals surface area contributed by atoms with Crippen molar-refractivity contribution in [1.82, 2.24) is 19.9 Å². The highest BCUT2D eigenvalue weighted by Gasteiger charge is 2.14. The summed E-state index contributed by atoms with van der Waals surface area (Å²) in [7, 11) is 1.79. The van der Waals surface area contributed by atoms with Gasteiger partial charge in [-0.05, 0) is 19.1 Å². The zero-order valence-corrected chi connectivity index (χ0v) is 10.9. The van der Waals surface area contributed by atoms with E-state index in [9.17, 15) is 9.90 Å². The minimum absolute atomic E-state index is 0.0965. The highest BCUT2D eigenvalue weighted by molar-refractivity contribution is 5.92. The molecule has 2 heterocycles. The maximum Gasteiger partial charge on any atom is 0.269 e. The molecule has 6 heteroatoms. The molecule has 1 amide bonds. The molecule has 0 aliphatic carbocycles. The summed E-state index contributed by atoms with van der Waals surface area (Å²) >= 11 is 0. The summed E-state index contributed by atoms with van der Waals surface area (Å²) < 4.78 is 1.71. The average molecular weight is 260 g/mol. The Morgan fingerprint density at radius 2 is 2.32 bits per heavy atom. The normalized spacial score (nSPS) is 12.2. The van der Waals surface area contributed by atoms with E-state index in [2.05, 4.69) is 15.3 Å². The number of carbonyl (C=O) groups excluding carboxylic acids is 1. The van der Waals surface area contributed by atoms with Crippen molar-refractivity contribution in [3.63, 3.8) is 0 Å². The first-order valence-electron chi connectivity index (χ1n) is 5.95. The molecule has 0 aromatic carbocycles. The molecular formula is C13H16N4O2. The van der Waals surface area contributed by atoms with E-state index in [1.165, 1.54) is 0 Å². The van der Waals surface area contributed by atoms with E-state index in [1.807, 2.05) is 13.0 Å². The first-order valence-corrected chi connectivity index (χ1v) is 5.95. The van der Waals surface area contributed by atoms with Crippen LogP contribution in [0.2, 0.25) is 0 Å². The van der Waals surface area contributed by atoms with Crippen molar-refractivity contribution in [3.05, 3.63) is 47.8 Å². The second-order valence-electron chi connectivity index (χ2n) is 4.29. The molecule has 19 heavy (non-hydrogen) atoms. The van der Waals surface area contributed by atoms with Gasteiger partial charge in [0.25, 0.3) is 5.91 Å². The molecule has 100 valence electrons. The van der Waals surface area contributed by atoms with E-state index in [0.717, 1.165) is 5.69 Å². The number of imidazole rings is 1. The van der Waals surface area contributed by atoms with Gasteiger partial charge in [0.1, 0.15) is 17.6 Å². The van der Waals surface area contributed by atoms with Crippen molar-refractivity contribution in [2.45, 2.75) is 13.0 Å². The number of carbonyl (C=O) groups is 1. The fourth-order valence-electron chi connectivity index (χ4n) is 1.74. The molecule has 0 saturated heterocycles. The molecule has 0 unspecified atom stereocenters. The van der Waals surface area contributed by atoms with E-state index in [0.29, 0.717) is 11.5 Å². The molecule has 0 spiro atoms. The topological polar surface area (TPSA) is 80.0 Å². The van der Waals surface area contributed by atoms with Crippen LogP contribution < -0.4 is 5.32 Å². The Balaban J connectivity index is 1.96. The lowest BCUT2D eigenvalue weighted by Crippen LogP contribution is -2.30. The van der Waals surface area contributed by atoms with E-state index in [-0.39, 0.29) is 12.5 Å². The Hall–Kier alpha value is -2.21. The molecule has 0 saturated carbocycles. The first kappa shape index (κ1) is 13.2. The molecule has 0 radical (unpaired) electrons. The van der Waals surface area contributed by atoms with Gasteiger partial charge in [-0.2, -0.15) is 0 Å². The smallest absolute Gasteiger partial charge is 0.269 e. The fourth-order valence-corrected chi connectivity index (χ4v) is 1.74. The standard InChI is InChI=1S/C13H16N4O2/c1-9-4-3-5-10(16-9)13(19)15-8-11(18)12-14-6-7-17(12)2/h3-7,11,18H,8H2,1-2H3,(H,15,19)/t11-/m1/s1. The number of nitrogens with zero attached hydrogens (tertiary/aromatic N) is 3. The fraction of sp³-hybridized carbons (Fsp3) is 0.308. The Morgan fingerprint density at radius 3 is 2.95 bits per heavy atom. The number of aryl methyl sites for hydroxylation is 2. The summed E-state index contributed by atoms with van der Waals surface area (Å²) in [5.41, 5.74) is 1.12. The highest BCUT2D eigenvalue weighted by Crippen LogP contribution is 2.08. The van der Waals surface area contributed by atoms with E-state index >= 15 is 0 Å². The number of amides is 1. The molecule has 6 nitrogen and oxygen atoms in total. The van der Waals surface area contributed by atoms with Gasteiger partial charge in [0, 0.05) is 25.1 Å². The quantitative estimate of drug-likeness (QED) is 0.843. The number of aliphatic hydroxyl groups is 1. The molecule has 2 rings (SSSR count). The van der Waals surface area contributed by atoms with Crippen molar-refractivity contribution in [3.8, 4) is 0 Å². The summed E-state index contributed by atoms with van der Waals surface area (Å²) in [6, 6.07) is 5.22. The van der Waals surface area contributed by atoms with Crippen molar-refractivity contribution in [1.29, 1.82) is 0 Å². The van der Waals surface area contributed by atoms with Crippen LogP contribution in [0.15, 0.2) is 30.6 Å². The molecule has 0 aliphatic rings. The molecule has 2 N–H and O–H groups in total. The van der Waals surface area contributed by atoms with E-state index in [1.54, 1.807) is 36.1 Å². The summed E-state index contributed by atoms with van der Waals surface area (Å²) in [5, 5.41) is 12.6. The van der Waals surface area contributed by atoms with Gasteiger partial charge >= 0.3 is 0 Å². The van der Waals surface area contributed by atoms with Crippen molar-refractivity contribution < 1.29 is 9.90 Å². The van der Waals surface area contributed by atoms with Crippen molar-refractivity contribution >= 4 is 5.91 Å². The molecule has 2 aromatic rings. The molecule has 0 fully saturated rings. The maximum absolute atomic E-state index is 11.8. The van der Waals surface area contributed by atoms with Crippen molar-refractivity contribution in [2.24, 2.45) is 7.05 Å². The van der Waals surface area contributed by atoms with Gasteiger partial charge < -0.3 is 15.0 Å². The zero-order chi connectivity index (χ0) is 13.8. The lowest BCUT2D eigenvalue weighted by atomic mass is 10.3. The van der Waals surface area contributed by atoms with Crippen LogP contribution in [-0.2, 0) is 7.05 Å².